The number of likely N-dealkylation sites (tertiary alicyclic amines) is 1. The lowest BCUT2D eigenvalue weighted by atomic mass is 9.89. The quantitative estimate of drug-likeness (QED) is 0.631. The molecule has 2 aliphatic rings. The Morgan fingerprint density at radius 1 is 0.919 bits per heavy atom. The van der Waals surface area contributed by atoms with Crippen molar-refractivity contribution in [2.75, 3.05) is 50.0 Å². The van der Waals surface area contributed by atoms with Crippen molar-refractivity contribution in [3.63, 3.8) is 0 Å². The summed E-state index contributed by atoms with van der Waals surface area (Å²) >= 11 is 0. The first-order valence-electron chi connectivity index (χ1n) is 12.0. The van der Waals surface area contributed by atoms with E-state index in [9.17, 15) is 27.6 Å². The van der Waals surface area contributed by atoms with E-state index in [1.54, 1.807) is 29.2 Å². The normalized spacial score (nSPS) is 17.9. The van der Waals surface area contributed by atoms with Gasteiger partial charge in [0.15, 0.2) is 0 Å². The second-order valence-electron chi connectivity index (χ2n) is 9.42. The highest BCUT2D eigenvalue weighted by Crippen LogP contribution is 2.32. The van der Waals surface area contributed by atoms with Crippen molar-refractivity contribution >= 4 is 29.1 Å². The SMILES string of the molecule is CC(=O)Nc1ccc(C(=O)N2CCC3(CC2)CN(CC(=O)Nc2ccc(C(F)(F)F)cc2)CCO3)cc1. The van der Waals surface area contributed by atoms with Crippen LogP contribution in [0.25, 0.3) is 0 Å². The maximum absolute atomic E-state index is 12.9. The van der Waals surface area contributed by atoms with Crippen LogP contribution in [0.4, 0.5) is 24.5 Å². The lowest BCUT2D eigenvalue weighted by Gasteiger charge is -2.47. The summed E-state index contributed by atoms with van der Waals surface area (Å²) in [7, 11) is 0. The summed E-state index contributed by atoms with van der Waals surface area (Å²) in [6, 6.07) is 11.1. The highest BCUT2D eigenvalue weighted by Gasteiger charge is 2.41. The van der Waals surface area contributed by atoms with Gasteiger partial charge in [0, 0.05) is 50.0 Å². The average Bonchev–Trinajstić information content (AvgIpc) is 2.84. The molecule has 8 nitrogen and oxygen atoms in total. The van der Waals surface area contributed by atoms with Gasteiger partial charge in [-0.1, -0.05) is 0 Å². The molecule has 0 bridgehead atoms. The fourth-order valence-electron chi connectivity index (χ4n) is 4.71. The van der Waals surface area contributed by atoms with Gasteiger partial charge in [0.05, 0.1) is 24.3 Å². The lowest BCUT2D eigenvalue weighted by Crippen LogP contribution is -2.58. The molecule has 2 heterocycles. The Labute approximate surface area is 212 Å². The number of carbonyl (C=O) groups is 3. The molecular formula is C26H29F3N4O4. The number of hydrogen-bond acceptors (Lipinski definition) is 5. The third-order valence-electron chi connectivity index (χ3n) is 6.60. The van der Waals surface area contributed by atoms with E-state index in [-0.39, 0.29) is 24.3 Å². The maximum atomic E-state index is 12.9. The van der Waals surface area contributed by atoms with E-state index in [2.05, 4.69) is 10.6 Å². The summed E-state index contributed by atoms with van der Waals surface area (Å²) in [5.74, 6) is -0.584. The summed E-state index contributed by atoms with van der Waals surface area (Å²) in [5, 5.41) is 5.32. The van der Waals surface area contributed by atoms with Crippen LogP contribution < -0.4 is 10.6 Å². The van der Waals surface area contributed by atoms with Crippen LogP contribution in [0, 0.1) is 0 Å². The highest BCUT2D eigenvalue weighted by atomic mass is 19.4. The van der Waals surface area contributed by atoms with Crippen molar-refractivity contribution in [3.05, 3.63) is 59.7 Å². The van der Waals surface area contributed by atoms with Crippen molar-refractivity contribution in [2.45, 2.75) is 31.5 Å². The van der Waals surface area contributed by atoms with Crippen LogP contribution in [0.15, 0.2) is 48.5 Å². The number of piperidine rings is 1. The Hall–Kier alpha value is -3.44. The molecule has 0 unspecified atom stereocenters. The molecule has 2 aliphatic heterocycles. The van der Waals surface area contributed by atoms with E-state index in [0.29, 0.717) is 62.6 Å². The molecule has 37 heavy (non-hydrogen) atoms. The smallest absolute Gasteiger partial charge is 0.372 e. The molecular weight excluding hydrogens is 489 g/mol. The monoisotopic (exact) mass is 518 g/mol. The number of nitrogens with one attached hydrogen (secondary N) is 2. The first kappa shape index (κ1) is 26.6. The van der Waals surface area contributed by atoms with E-state index >= 15 is 0 Å². The van der Waals surface area contributed by atoms with Gasteiger partial charge < -0.3 is 20.3 Å². The minimum atomic E-state index is -4.43. The molecule has 0 radical (unpaired) electrons. The van der Waals surface area contributed by atoms with Gasteiger partial charge >= 0.3 is 6.18 Å². The standard InChI is InChI=1S/C26H29F3N4O4/c1-18(34)30-21-6-2-19(3-7-21)24(36)33-12-10-25(11-13-33)17-32(14-15-37-25)16-23(35)31-22-8-4-20(5-9-22)26(27,28)29/h2-9H,10-17H2,1H3,(H,30,34)(H,31,35). The zero-order chi connectivity index (χ0) is 26.6. The summed E-state index contributed by atoms with van der Waals surface area (Å²) in [6.07, 6.45) is -3.18. The van der Waals surface area contributed by atoms with Crippen LogP contribution >= 0.6 is 0 Å². The van der Waals surface area contributed by atoms with E-state index < -0.39 is 17.3 Å². The Morgan fingerprint density at radius 3 is 2.11 bits per heavy atom. The molecule has 11 heteroatoms. The molecule has 0 aromatic heterocycles. The Kier molecular flexibility index (Phi) is 7.84. The molecule has 2 aromatic rings. The molecule has 2 aromatic carbocycles. The topological polar surface area (TPSA) is 91.0 Å². The van der Waals surface area contributed by atoms with Gasteiger partial charge in [0.2, 0.25) is 11.8 Å². The molecule has 4 rings (SSSR count). The number of amides is 3. The minimum Gasteiger partial charge on any atom is -0.372 e. The molecule has 0 aliphatic carbocycles. The second-order valence-corrected chi connectivity index (χ2v) is 9.42. The van der Waals surface area contributed by atoms with Gasteiger partial charge in [-0.3, -0.25) is 19.3 Å². The lowest BCUT2D eigenvalue weighted by molar-refractivity contribution is -0.139. The minimum absolute atomic E-state index is 0.0900. The molecule has 2 fully saturated rings. The number of morpholine rings is 1. The van der Waals surface area contributed by atoms with Crippen molar-refractivity contribution in [1.29, 1.82) is 0 Å². The van der Waals surface area contributed by atoms with Crippen LogP contribution in [0.3, 0.4) is 0 Å². The van der Waals surface area contributed by atoms with Gasteiger partial charge in [0.1, 0.15) is 0 Å². The zero-order valence-electron chi connectivity index (χ0n) is 20.4. The van der Waals surface area contributed by atoms with Gasteiger partial charge in [-0.25, -0.2) is 0 Å². The third kappa shape index (κ3) is 6.86. The predicted octanol–water partition coefficient (Wildman–Crippen LogP) is 3.61. The number of halogens is 3. The van der Waals surface area contributed by atoms with E-state index in [0.717, 1.165) is 12.1 Å². The van der Waals surface area contributed by atoms with Crippen molar-refractivity contribution < 1.29 is 32.3 Å². The third-order valence-corrected chi connectivity index (χ3v) is 6.60. The van der Waals surface area contributed by atoms with Crippen molar-refractivity contribution in [3.8, 4) is 0 Å². The zero-order valence-corrected chi connectivity index (χ0v) is 20.4. The van der Waals surface area contributed by atoms with Gasteiger partial charge in [-0.15, -0.1) is 0 Å². The molecule has 3 amide bonds. The summed E-state index contributed by atoms with van der Waals surface area (Å²) in [4.78, 5) is 40.4. The number of carbonyl (C=O) groups excluding carboxylic acids is 3. The summed E-state index contributed by atoms with van der Waals surface area (Å²) in [6.45, 7) is 4.08. The largest absolute Gasteiger partial charge is 0.416 e. The molecule has 1 spiro atoms. The Balaban J connectivity index is 1.28. The van der Waals surface area contributed by atoms with E-state index in [1.165, 1.54) is 19.1 Å². The molecule has 0 saturated carbocycles. The number of hydrogen-bond donors (Lipinski definition) is 2. The molecule has 2 saturated heterocycles. The van der Waals surface area contributed by atoms with Gasteiger partial charge in [-0.2, -0.15) is 13.2 Å². The van der Waals surface area contributed by atoms with E-state index in [1.807, 2.05) is 4.90 Å². The number of nitrogens with zero attached hydrogens (tertiary/aromatic N) is 2. The highest BCUT2D eigenvalue weighted by molar-refractivity contribution is 5.95. The summed E-state index contributed by atoms with van der Waals surface area (Å²) in [5.41, 5.74) is 0.236. The van der Waals surface area contributed by atoms with Crippen LogP contribution in [0.5, 0.6) is 0 Å². The number of alkyl halides is 3. The first-order valence-corrected chi connectivity index (χ1v) is 12.0. The number of rotatable bonds is 5. The fourth-order valence-corrected chi connectivity index (χ4v) is 4.71. The Bertz CT molecular complexity index is 1130. The molecule has 0 atom stereocenters. The molecule has 198 valence electrons. The van der Waals surface area contributed by atoms with Gasteiger partial charge in [0.25, 0.3) is 5.91 Å². The second kappa shape index (κ2) is 10.9. The van der Waals surface area contributed by atoms with E-state index in [4.69, 9.17) is 4.74 Å². The maximum Gasteiger partial charge on any atom is 0.416 e. The molecule has 2 N–H and O–H groups in total. The van der Waals surface area contributed by atoms with Gasteiger partial charge in [-0.05, 0) is 61.4 Å². The average molecular weight is 519 g/mol. The summed E-state index contributed by atoms with van der Waals surface area (Å²) < 4.78 is 44.3. The van der Waals surface area contributed by atoms with Crippen molar-refractivity contribution in [1.82, 2.24) is 9.80 Å². The van der Waals surface area contributed by atoms with Crippen LogP contribution in [0.2, 0.25) is 0 Å². The van der Waals surface area contributed by atoms with Crippen LogP contribution in [-0.4, -0.2) is 72.5 Å². The van der Waals surface area contributed by atoms with Crippen LogP contribution in [0.1, 0.15) is 35.7 Å². The van der Waals surface area contributed by atoms with Crippen molar-refractivity contribution in [2.24, 2.45) is 0 Å². The fraction of sp³-hybridized carbons (Fsp3) is 0.423. The number of benzene rings is 2. The number of ether oxygens (including phenoxy) is 1. The number of anilines is 2. The Morgan fingerprint density at radius 2 is 1.51 bits per heavy atom. The van der Waals surface area contributed by atoms with Crippen LogP contribution in [-0.2, 0) is 20.5 Å². The predicted molar refractivity (Wildman–Crippen MR) is 131 cm³/mol. The first-order chi connectivity index (χ1) is 17.5.